The topological polar surface area (TPSA) is 89.4 Å². The zero-order valence-corrected chi connectivity index (χ0v) is 61.8. The number of hydrogen-bond acceptors (Lipinski definition) is 10. The number of aromatic nitrogens is 4. The molecular formula is C96H74N6O6S2. The zero-order valence-electron chi connectivity index (χ0n) is 60.2. The molecule has 0 spiro atoms. The Bertz CT molecular complexity index is 6960. The van der Waals surface area contributed by atoms with Gasteiger partial charge in [-0.05, 0) is 192 Å². The van der Waals surface area contributed by atoms with E-state index in [-0.39, 0.29) is 7.13 Å². The highest BCUT2D eigenvalue weighted by molar-refractivity contribution is 7.20. The zero-order chi connectivity index (χ0) is 72.5. The minimum atomic E-state index is 0. The van der Waals surface area contributed by atoms with Crippen LogP contribution in [-0.4, -0.2) is 44.7 Å². The Morgan fingerprint density at radius 2 is 0.545 bits per heavy atom. The van der Waals surface area contributed by atoms with Crippen LogP contribution in [-0.2, 0) is 28.2 Å². The SMILES string of the molecule is Cn1c2ccccc2c2cc(N(c3ccc(-c4sc(-c5ccc6oc7ccc8c(-c9sc(-c%10ccc(N(c%11ccc%12c(c%11)c%11ccccc%11n%12C)c%11ccc%12c(c%11)c%11ccccc%11n%12C)cc%10)c%10c9OCCO%10)ccc9oc%10ccc5c6c%10-c7c98)c5c4OCCO5)cc3)c3ccc4c(c3)c3ccccc3n4C)ccc21.[HH].[HH].[HH].[HH].[HH]. The summed E-state index contributed by atoms with van der Waals surface area (Å²) in [6, 6.07) is 97.3. The lowest BCUT2D eigenvalue weighted by Gasteiger charge is -2.26. The Hall–Kier alpha value is -13.4. The van der Waals surface area contributed by atoms with E-state index in [1.165, 1.54) is 87.2 Å². The molecule has 14 heteroatoms. The second-order valence-electron chi connectivity index (χ2n) is 29.3. The quantitative estimate of drug-likeness (QED) is 0.0988. The highest BCUT2D eigenvalue weighted by Gasteiger charge is 2.34. The standard InChI is InChI=1S/C96H64N6O6S2.5H2/c1-97-73-17-9-5-13-61(73)69-49-57(29-37-77(69)97)101(58-30-38-78-70(50-58)62-14-6-10-18-74(62)98(78)2)55-25-21-53(22-26-55)93-89-91(105-47-45-103-89)95(109-93)67-35-43-81-85-65(67)33-41-83-87(85)88-84(107-81)42-34-66-68(36-44-82(108-83)86(66)88)96-92-90(104-46-48-106-92)94(110-96)54-23-27-56(28-24-54)102(59-31-39-79-71(51-59)63-15-7-11-19-75(63)99(79)3)60-32-40-80-72(52-60)64-16-8-12-20-76(64)100(80)4;;;;;/h5-44,49-52H,45-48H2,1-4H3;5*1H. The molecule has 0 aliphatic carbocycles. The van der Waals surface area contributed by atoms with Crippen molar-refractivity contribution in [3.8, 4) is 75.9 Å². The molecule has 0 amide bonds. The number of thiophene rings is 2. The fourth-order valence-corrected chi connectivity index (χ4v) is 21.0. The Labute approximate surface area is 644 Å². The molecule has 110 heavy (non-hydrogen) atoms. The van der Waals surface area contributed by atoms with Gasteiger partial charge in [-0.15, -0.1) is 22.7 Å². The maximum Gasteiger partial charge on any atom is 0.180 e. The maximum absolute atomic E-state index is 7.09. The van der Waals surface area contributed by atoms with Gasteiger partial charge in [-0.2, -0.15) is 0 Å². The Balaban J connectivity index is 0.00000177. The molecule has 24 rings (SSSR count). The van der Waals surface area contributed by atoms with Gasteiger partial charge in [0, 0.05) is 190 Å². The van der Waals surface area contributed by atoms with Crippen molar-refractivity contribution in [2.45, 2.75) is 0 Å². The third-order valence-electron chi connectivity index (χ3n) is 23.6. The van der Waals surface area contributed by atoms with Crippen LogP contribution >= 0.6 is 22.7 Å². The van der Waals surface area contributed by atoms with Crippen molar-refractivity contribution in [3.05, 3.63) is 267 Å². The Morgan fingerprint density at radius 1 is 0.264 bits per heavy atom. The summed E-state index contributed by atoms with van der Waals surface area (Å²) in [6.07, 6.45) is 0. The summed E-state index contributed by atoms with van der Waals surface area (Å²) in [6.45, 7) is 1.76. The lowest BCUT2D eigenvalue weighted by molar-refractivity contribution is 0.175. The average Bonchev–Trinajstić information content (AvgIpc) is 1.45. The van der Waals surface area contributed by atoms with Gasteiger partial charge in [0.2, 0.25) is 0 Å². The number of ether oxygens (including phenoxy) is 4. The number of benzene rings is 14. The van der Waals surface area contributed by atoms with E-state index in [2.05, 4.69) is 323 Å². The summed E-state index contributed by atoms with van der Waals surface area (Å²) in [5, 5.41) is 13.8. The molecule has 0 saturated heterocycles. The lowest BCUT2D eigenvalue weighted by Crippen LogP contribution is -2.15. The number of para-hydroxylation sites is 4. The van der Waals surface area contributed by atoms with Crippen molar-refractivity contribution in [2.75, 3.05) is 36.2 Å². The third-order valence-corrected chi connectivity index (χ3v) is 26.1. The number of fused-ring (bicyclic) bond motifs is 14. The van der Waals surface area contributed by atoms with Crippen LogP contribution in [0.3, 0.4) is 0 Å². The molecule has 0 saturated carbocycles. The van der Waals surface area contributed by atoms with Crippen LogP contribution < -0.4 is 28.7 Å². The van der Waals surface area contributed by atoms with Gasteiger partial charge in [-0.25, -0.2) is 0 Å². The molecule has 0 atom stereocenters. The van der Waals surface area contributed by atoms with Gasteiger partial charge in [0.1, 0.15) is 48.8 Å². The van der Waals surface area contributed by atoms with E-state index < -0.39 is 0 Å². The van der Waals surface area contributed by atoms with E-state index in [0.717, 1.165) is 154 Å². The summed E-state index contributed by atoms with van der Waals surface area (Å²) in [7, 11) is 8.62. The van der Waals surface area contributed by atoms with Crippen LogP contribution in [0.15, 0.2) is 276 Å². The number of aryl methyl sites for hydroxylation is 4. The van der Waals surface area contributed by atoms with E-state index in [4.69, 9.17) is 27.8 Å². The number of rotatable bonds is 10. The fourth-order valence-electron chi connectivity index (χ4n) is 18.5. The monoisotopic (exact) mass is 1470 g/mol. The largest absolute Gasteiger partial charge is 0.485 e. The first kappa shape index (κ1) is 61.7. The summed E-state index contributed by atoms with van der Waals surface area (Å²) >= 11 is 3.41. The minimum Gasteiger partial charge on any atom is -0.485 e. The minimum absolute atomic E-state index is 0. The molecule has 20 aromatic rings. The molecule has 0 fully saturated rings. The van der Waals surface area contributed by atoms with Crippen LogP contribution in [0.1, 0.15) is 7.13 Å². The van der Waals surface area contributed by atoms with Crippen LogP contribution in [0.2, 0.25) is 0 Å². The van der Waals surface area contributed by atoms with E-state index in [1.807, 2.05) is 0 Å². The van der Waals surface area contributed by atoms with Gasteiger partial charge >= 0.3 is 0 Å². The maximum atomic E-state index is 7.09. The highest BCUT2D eigenvalue weighted by atomic mass is 32.1. The van der Waals surface area contributed by atoms with Crippen molar-refractivity contribution >= 4 is 188 Å². The second kappa shape index (κ2) is 23.1. The van der Waals surface area contributed by atoms with Gasteiger partial charge in [-0.1, -0.05) is 97.1 Å². The fraction of sp³-hybridized carbons (Fsp3) is 0.0833. The van der Waals surface area contributed by atoms with Gasteiger partial charge < -0.3 is 55.8 Å². The molecule has 0 radical (unpaired) electrons. The number of anilines is 6. The molecule has 536 valence electrons. The summed E-state index contributed by atoms with van der Waals surface area (Å²) in [4.78, 5) is 8.78. The second-order valence-corrected chi connectivity index (χ2v) is 31.3. The first-order valence-electron chi connectivity index (χ1n) is 37.3. The highest BCUT2D eigenvalue weighted by Crippen LogP contribution is 2.60. The summed E-state index contributed by atoms with van der Waals surface area (Å²) in [5.41, 5.74) is 25.2. The Kier molecular flexibility index (Phi) is 12.9. The number of nitrogens with zero attached hydrogens (tertiary/aromatic N) is 6. The molecule has 14 aromatic carbocycles. The van der Waals surface area contributed by atoms with Crippen LogP contribution in [0.25, 0.3) is 184 Å². The Morgan fingerprint density at radius 3 is 0.873 bits per heavy atom. The third kappa shape index (κ3) is 8.70. The van der Waals surface area contributed by atoms with E-state index in [9.17, 15) is 0 Å². The van der Waals surface area contributed by atoms with Crippen LogP contribution in [0.4, 0.5) is 34.1 Å². The van der Waals surface area contributed by atoms with Gasteiger partial charge in [-0.3, -0.25) is 0 Å². The molecule has 4 aliphatic rings. The average molecular weight is 1470 g/mol. The van der Waals surface area contributed by atoms with Crippen molar-refractivity contribution in [3.63, 3.8) is 0 Å². The van der Waals surface area contributed by atoms with Crippen LogP contribution in [0.5, 0.6) is 23.0 Å². The van der Waals surface area contributed by atoms with Gasteiger partial charge in [0.15, 0.2) is 23.0 Å². The predicted octanol–water partition coefficient (Wildman–Crippen LogP) is 27.1. The molecule has 10 heterocycles. The number of hydrogen-bond donors (Lipinski definition) is 0. The van der Waals surface area contributed by atoms with E-state index in [0.29, 0.717) is 26.4 Å². The van der Waals surface area contributed by atoms with Crippen LogP contribution in [0, 0.1) is 0 Å². The molecular weight excluding hydrogens is 1400 g/mol. The first-order chi connectivity index (χ1) is 54.2. The normalized spacial score (nSPS) is 13.2. The van der Waals surface area contributed by atoms with E-state index >= 15 is 0 Å². The molecule has 0 N–H and O–H groups in total. The molecule has 0 unspecified atom stereocenters. The summed E-state index contributed by atoms with van der Waals surface area (Å²) < 4.78 is 50.2. The lowest BCUT2D eigenvalue weighted by atomic mass is 9.87. The van der Waals surface area contributed by atoms with Crippen molar-refractivity contribution < 1.29 is 34.9 Å². The smallest absolute Gasteiger partial charge is 0.180 e. The predicted molar refractivity (Wildman–Crippen MR) is 464 cm³/mol. The van der Waals surface area contributed by atoms with E-state index in [1.54, 1.807) is 22.7 Å². The van der Waals surface area contributed by atoms with Crippen molar-refractivity contribution in [1.82, 2.24) is 18.3 Å². The molecule has 12 nitrogen and oxygen atoms in total. The molecule has 4 aliphatic heterocycles. The van der Waals surface area contributed by atoms with Crippen molar-refractivity contribution in [1.29, 1.82) is 0 Å². The first-order valence-corrected chi connectivity index (χ1v) is 39.0. The van der Waals surface area contributed by atoms with Crippen molar-refractivity contribution in [2.24, 2.45) is 28.2 Å². The van der Waals surface area contributed by atoms with Gasteiger partial charge in [0.05, 0.1) is 19.5 Å². The molecule has 0 bridgehead atoms. The van der Waals surface area contributed by atoms with Gasteiger partial charge in [0.25, 0.3) is 0 Å². The summed E-state index contributed by atoms with van der Waals surface area (Å²) in [5.74, 6) is 3.01. The molecule has 6 aromatic heterocycles.